The highest BCUT2D eigenvalue weighted by Crippen LogP contribution is 2.31. The topological polar surface area (TPSA) is 35.2 Å². The summed E-state index contributed by atoms with van der Waals surface area (Å²) in [5.41, 5.74) is 9.87. The van der Waals surface area contributed by atoms with E-state index in [-0.39, 0.29) is 0 Å². The van der Waals surface area contributed by atoms with Gasteiger partial charge in [0.2, 0.25) is 0 Å². The molecule has 3 heteroatoms. The third-order valence-electron chi connectivity index (χ3n) is 3.24. The minimum Gasteiger partial charge on any atom is -0.456 e. The van der Waals surface area contributed by atoms with Crippen molar-refractivity contribution in [1.82, 2.24) is 0 Å². The minimum absolute atomic E-state index is 0.351. The second kappa shape index (κ2) is 5.41. The zero-order valence-corrected chi connectivity index (χ0v) is 12.2. The summed E-state index contributed by atoms with van der Waals surface area (Å²) >= 11 is 5.08. The molecule has 0 radical (unpaired) electrons. The first-order valence-electron chi connectivity index (χ1n) is 6.14. The molecule has 0 unspecified atom stereocenters. The lowest BCUT2D eigenvalue weighted by molar-refractivity contribution is 0.474. The van der Waals surface area contributed by atoms with Gasteiger partial charge in [0.1, 0.15) is 16.5 Å². The molecule has 2 aromatic carbocycles. The van der Waals surface area contributed by atoms with Crippen LogP contribution in [0.15, 0.2) is 36.4 Å². The molecule has 2 nitrogen and oxygen atoms in total. The minimum atomic E-state index is 0.351. The van der Waals surface area contributed by atoms with Crippen molar-refractivity contribution in [3.8, 4) is 11.5 Å². The molecule has 0 spiro atoms. The number of aryl methyl sites for hydroxylation is 2. The van der Waals surface area contributed by atoms with Gasteiger partial charge >= 0.3 is 0 Å². The fourth-order valence-electron chi connectivity index (χ4n) is 1.93. The van der Waals surface area contributed by atoms with Gasteiger partial charge in [0, 0.05) is 0 Å². The average molecular weight is 271 g/mol. The Morgan fingerprint density at radius 1 is 1.00 bits per heavy atom. The number of nitrogens with two attached hydrogens (primary N) is 1. The molecule has 0 amide bonds. The summed E-state index contributed by atoms with van der Waals surface area (Å²) in [6.45, 7) is 6.10. The van der Waals surface area contributed by atoms with Crippen molar-refractivity contribution in [2.75, 3.05) is 0 Å². The van der Waals surface area contributed by atoms with Crippen LogP contribution in [0.3, 0.4) is 0 Å². The highest BCUT2D eigenvalue weighted by Gasteiger charge is 2.12. The van der Waals surface area contributed by atoms with Crippen LogP contribution in [0.25, 0.3) is 0 Å². The first kappa shape index (κ1) is 13.6. The van der Waals surface area contributed by atoms with E-state index in [2.05, 4.69) is 13.0 Å². The number of para-hydroxylation sites is 1. The lowest BCUT2D eigenvalue weighted by atomic mass is 10.1. The molecular weight excluding hydrogens is 254 g/mol. The molecule has 0 atom stereocenters. The molecule has 2 aromatic rings. The molecule has 98 valence electrons. The predicted molar refractivity (Wildman–Crippen MR) is 83.1 cm³/mol. The molecule has 0 aliphatic heterocycles. The highest BCUT2D eigenvalue weighted by molar-refractivity contribution is 7.80. The molecule has 2 N–H and O–H groups in total. The molecular formula is C16H17NOS. The first-order valence-corrected chi connectivity index (χ1v) is 6.55. The lowest BCUT2D eigenvalue weighted by Gasteiger charge is -2.15. The maximum Gasteiger partial charge on any atom is 0.140 e. The molecule has 0 saturated heterocycles. The Kier molecular flexibility index (Phi) is 3.86. The van der Waals surface area contributed by atoms with Crippen molar-refractivity contribution in [3.63, 3.8) is 0 Å². The highest BCUT2D eigenvalue weighted by atomic mass is 32.1. The number of hydrogen-bond acceptors (Lipinski definition) is 2. The number of benzene rings is 2. The van der Waals surface area contributed by atoms with Crippen molar-refractivity contribution in [2.45, 2.75) is 20.8 Å². The Bertz CT molecular complexity index is 635. The quantitative estimate of drug-likeness (QED) is 0.856. The third kappa shape index (κ3) is 2.76. The van der Waals surface area contributed by atoms with Crippen LogP contribution in [0.4, 0.5) is 0 Å². The van der Waals surface area contributed by atoms with Gasteiger partial charge in [-0.15, -0.1) is 0 Å². The van der Waals surface area contributed by atoms with Crippen LogP contribution >= 0.6 is 12.2 Å². The second-order valence-electron chi connectivity index (χ2n) is 4.62. The van der Waals surface area contributed by atoms with Gasteiger partial charge in [-0.05, 0) is 49.6 Å². The van der Waals surface area contributed by atoms with Gasteiger partial charge in [-0.2, -0.15) is 0 Å². The van der Waals surface area contributed by atoms with E-state index in [0.717, 1.165) is 28.2 Å². The van der Waals surface area contributed by atoms with E-state index >= 15 is 0 Å². The number of hydrogen-bond donors (Lipinski definition) is 1. The summed E-state index contributed by atoms with van der Waals surface area (Å²) in [5, 5.41) is 0. The van der Waals surface area contributed by atoms with Crippen LogP contribution in [0, 0.1) is 20.8 Å². The van der Waals surface area contributed by atoms with E-state index in [4.69, 9.17) is 22.7 Å². The summed E-state index contributed by atoms with van der Waals surface area (Å²) < 4.78 is 6.05. The molecule has 0 fully saturated rings. The fourth-order valence-corrected chi connectivity index (χ4v) is 2.09. The molecule has 0 saturated carbocycles. The van der Waals surface area contributed by atoms with Gasteiger partial charge in [-0.3, -0.25) is 0 Å². The van der Waals surface area contributed by atoms with Crippen LogP contribution < -0.4 is 10.5 Å². The zero-order chi connectivity index (χ0) is 14.0. The molecule has 0 aromatic heterocycles. The molecule has 0 aliphatic rings. The van der Waals surface area contributed by atoms with Crippen molar-refractivity contribution >= 4 is 17.2 Å². The Morgan fingerprint density at radius 2 is 1.63 bits per heavy atom. The smallest absolute Gasteiger partial charge is 0.140 e. The largest absolute Gasteiger partial charge is 0.456 e. The first-order chi connectivity index (χ1) is 9.00. The van der Waals surface area contributed by atoms with Gasteiger partial charge in [-0.25, -0.2) is 0 Å². The van der Waals surface area contributed by atoms with Gasteiger partial charge in [-0.1, -0.05) is 36.5 Å². The zero-order valence-electron chi connectivity index (χ0n) is 11.4. The summed E-state index contributed by atoms with van der Waals surface area (Å²) in [6, 6.07) is 11.8. The SMILES string of the molecule is Cc1cccc(Oc2c(C)cccc2C(N)=S)c1C. The van der Waals surface area contributed by atoms with Crippen molar-refractivity contribution < 1.29 is 4.74 Å². The van der Waals surface area contributed by atoms with E-state index in [1.807, 2.05) is 44.2 Å². The molecule has 19 heavy (non-hydrogen) atoms. The number of thiocarbonyl (C=S) groups is 1. The monoisotopic (exact) mass is 271 g/mol. The standard InChI is InChI=1S/C16H17NOS/c1-10-6-5-9-14(12(10)3)18-15-11(2)7-4-8-13(15)16(17)19/h4-9H,1-3H3,(H2,17,19). The maximum atomic E-state index is 6.05. The average Bonchev–Trinajstić information content (AvgIpc) is 2.36. The van der Waals surface area contributed by atoms with Crippen LogP contribution in [-0.2, 0) is 0 Å². The number of ether oxygens (including phenoxy) is 1. The van der Waals surface area contributed by atoms with Crippen molar-refractivity contribution in [1.29, 1.82) is 0 Å². The summed E-state index contributed by atoms with van der Waals surface area (Å²) in [7, 11) is 0. The van der Waals surface area contributed by atoms with E-state index < -0.39 is 0 Å². The van der Waals surface area contributed by atoms with E-state index in [1.165, 1.54) is 5.56 Å². The van der Waals surface area contributed by atoms with E-state index in [1.54, 1.807) is 0 Å². The predicted octanol–water partition coefficient (Wildman–Crippen LogP) is 4.04. The Morgan fingerprint density at radius 3 is 2.32 bits per heavy atom. The van der Waals surface area contributed by atoms with Crippen LogP contribution in [-0.4, -0.2) is 4.99 Å². The van der Waals surface area contributed by atoms with E-state index in [0.29, 0.717) is 4.99 Å². The molecule has 0 bridgehead atoms. The third-order valence-corrected chi connectivity index (χ3v) is 3.46. The number of rotatable bonds is 3. The van der Waals surface area contributed by atoms with Crippen molar-refractivity contribution in [2.24, 2.45) is 5.73 Å². The molecule has 2 rings (SSSR count). The normalized spacial score (nSPS) is 10.3. The Balaban J connectivity index is 2.49. The van der Waals surface area contributed by atoms with Gasteiger partial charge in [0.05, 0.1) is 5.56 Å². The molecule has 0 heterocycles. The summed E-state index contributed by atoms with van der Waals surface area (Å²) in [6.07, 6.45) is 0. The Labute approximate surface area is 119 Å². The summed E-state index contributed by atoms with van der Waals surface area (Å²) in [5.74, 6) is 1.58. The van der Waals surface area contributed by atoms with Crippen molar-refractivity contribution in [3.05, 3.63) is 58.7 Å². The summed E-state index contributed by atoms with van der Waals surface area (Å²) in [4.78, 5) is 0.351. The van der Waals surface area contributed by atoms with Gasteiger partial charge in [0.25, 0.3) is 0 Å². The maximum absolute atomic E-state index is 6.05. The van der Waals surface area contributed by atoms with Crippen LogP contribution in [0.2, 0.25) is 0 Å². The van der Waals surface area contributed by atoms with E-state index in [9.17, 15) is 0 Å². The van der Waals surface area contributed by atoms with Gasteiger partial charge < -0.3 is 10.5 Å². The van der Waals surface area contributed by atoms with Crippen LogP contribution in [0.1, 0.15) is 22.3 Å². The van der Waals surface area contributed by atoms with Gasteiger partial charge in [0.15, 0.2) is 0 Å². The second-order valence-corrected chi connectivity index (χ2v) is 5.06. The fraction of sp³-hybridized carbons (Fsp3) is 0.188. The van der Waals surface area contributed by atoms with Crippen LogP contribution in [0.5, 0.6) is 11.5 Å². The molecule has 0 aliphatic carbocycles. The Hall–Kier alpha value is -1.87. The lowest BCUT2D eigenvalue weighted by Crippen LogP contribution is -2.11.